The number of amides is 1. The summed E-state index contributed by atoms with van der Waals surface area (Å²) in [5.74, 6) is -0.402. The Labute approximate surface area is 127 Å². The van der Waals surface area contributed by atoms with Crippen LogP contribution >= 0.6 is 11.8 Å². The van der Waals surface area contributed by atoms with Crippen LogP contribution in [0.1, 0.15) is 25.7 Å². The Hall–Kier alpha value is -1.66. The van der Waals surface area contributed by atoms with Crippen LogP contribution in [0.15, 0.2) is 35.6 Å². The third-order valence-electron chi connectivity index (χ3n) is 4.02. The fourth-order valence-electron chi connectivity index (χ4n) is 2.81. The third-order valence-corrected chi connectivity index (χ3v) is 5.30. The Morgan fingerprint density at radius 3 is 2.95 bits per heavy atom. The summed E-state index contributed by atoms with van der Waals surface area (Å²) >= 11 is 1.67. The van der Waals surface area contributed by atoms with Crippen LogP contribution in [0, 0.1) is 0 Å². The van der Waals surface area contributed by atoms with Gasteiger partial charge in [-0.1, -0.05) is 18.2 Å². The van der Waals surface area contributed by atoms with E-state index >= 15 is 0 Å². The van der Waals surface area contributed by atoms with Crippen LogP contribution < -0.4 is 11.5 Å². The summed E-state index contributed by atoms with van der Waals surface area (Å²) < 4.78 is 0. The smallest absolute Gasteiger partial charge is 0.237 e. The van der Waals surface area contributed by atoms with Gasteiger partial charge in [0.05, 0.1) is 11.1 Å². The van der Waals surface area contributed by atoms with Crippen LogP contribution in [0.25, 0.3) is 10.9 Å². The fourth-order valence-corrected chi connectivity index (χ4v) is 4.20. The number of nitrogens with zero attached hydrogens (tertiary/aromatic N) is 2. The van der Waals surface area contributed by atoms with Gasteiger partial charge in [0, 0.05) is 10.6 Å². The largest absolute Gasteiger partial charge is 0.368 e. The Morgan fingerprint density at radius 1 is 1.33 bits per heavy atom. The Morgan fingerprint density at radius 2 is 2.14 bits per heavy atom. The summed E-state index contributed by atoms with van der Waals surface area (Å²) in [5, 5.41) is 2.24. The van der Waals surface area contributed by atoms with Crippen molar-refractivity contribution in [2.75, 3.05) is 0 Å². The average Bonchev–Trinajstić information content (AvgIpc) is 2.48. The van der Waals surface area contributed by atoms with E-state index in [0.717, 1.165) is 28.8 Å². The first-order chi connectivity index (χ1) is 10.1. The number of para-hydroxylation sites is 1. The van der Waals surface area contributed by atoms with Crippen molar-refractivity contribution in [2.24, 2.45) is 11.5 Å². The molecule has 0 spiro atoms. The number of primary amides is 1. The standard InChI is InChI=1S/C15H18N4OS/c16-14(20)15(17)7-3-4-10(8-15)21-13-11-5-1-2-6-12(11)18-9-19-13/h1-2,5-6,9-10H,3-4,7-8,17H2,(H2,16,20). The number of carbonyl (C=O) groups excluding carboxylic acids is 1. The molecule has 3 rings (SSSR count). The molecule has 1 aromatic carbocycles. The molecule has 6 heteroatoms. The zero-order chi connectivity index (χ0) is 14.9. The van der Waals surface area contributed by atoms with E-state index in [4.69, 9.17) is 11.5 Å². The van der Waals surface area contributed by atoms with E-state index in [-0.39, 0.29) is 5.25 Å². The van der Waals surface area contributed by atoms with Gasteiger partial charge in [0.1, 0.15) is 11.4 Å². The fraction of sp³-hybridized carbons (Fsp3) is 0.400. The lowest BCUT2D eigenvalue weighted by molar-refractivity contribution is -0.124. The van der Waals surface area contributed by atoms with E-state index < -0.39 is 11.4 Å². The maximum atomic E-state index is 11.5. The lowest BCUT2D eigenvalue weighted by Crippen LogP contribution is -2.55. The zero-order valence-electron chi connectivity index (χ0n) is 11.7. The lowest BCUT2D eigenvalue weighted by Gasteiger charge is -2.34. The molecular weight excluding hydrogens is 284 g/mol. The molecule has 2 atom stereocenters. The summed E-state index contributed by atoms with van der Waals surface area (Å²) in [6.45, 7) is 0. The minimum Gasteiger partial charge on any atom is -0.368 e. The van der Waals surface area contributed by atoms with Crippen molar-refractivity contribution in [1.82, 2.24) is 9.97 Å². The minimum atomic E-state index is -0.876. The first-order valence-electron chi connectivity index (χ1n) is 7.04. The van der Waals surface area contributed by atoms with Gasteiger partial charge >= 0.3 is 0 Å². The van der Waals surface area contributed by atoms with Crippen LogP contribution in [0.4, 0.5) is 0 Å². The minimum absolute atomic E-state index is 0.259. The second kappa shape index (κ2) is 5.61. The van der Waals surface area contributed by atoms with Crippen LogP contribution in [0.3, 0.4) is 0 Å². The van der Waals surface area contributed by atoms with Gasteiger partial charge in [-0.15, -0.1) is 11.8 Å². The third kappa shape index (κ3) is 2.87. The number of carbonyl (C=O) groups is 1. The Kier molecular flexibility index (Phi) is 3.82. The highest BCUT2D eigenvalue weighted by atomic mass is 32.2. The molecule has 1 aromatic heterocycles. The molecule has 4 N–H and O–H groups in total. The quantitative estimate of drug-likeness (QED) is 0.844. The number of hydrogen-bond donors (Lipinski definition) is 2. The molecule has 110 valence electrons. The SMILES string of the molecule is NC(=O)C1(N)CCCC(Sc2ncnc3ccccc23)C1. The summed E-state index contributed by atoms with van der Waals surface area (Å²) in [5.41, 5.74) is 11.6. The Bertz CT molecular complexity index is 672. The van der Waals surface area contributed by atoms with Crippen LogP contribution in [0.5, 0.6) is 0 Å². The normalized spacial score (nSPS) is 25.9. The molecule has 1 aliphatic rings. The van der Waals surface area contributed by atoms with E-state index in [9.17, 15) is 4.79 Å². The van der Waals surface area contributed by atoms with Crippen LogP contribution in [-0.2, 0) is 4.79 Å². The van der Waals surface area contributed by atoms with Gasteiger partial charge in [-0.25, -0.2) is 9.97 Å². The molecular formula is C15H18N4OS. The van der Waals surface area contributed by atoms with Crippen molar-refractivity contribution in [2.45, 2.75) is 41.5 Å². The summed E-state index contributed by atoms with van der Waals surface area (Å²) in [7, 11) is 0. The number of nitrogens with two attached hydrogens (primary N) is 2. The Balaban J connectivity index is 1.84. The van der Waals surface area contributed by atoms with Crippen molar-refractivity contribution in [3.63, 3.8) is 0 Å². The van der Waals surface area contributed by atoms with Crippen molar-refractivity contribution < 1.29 is 4.79 Å². The van der Waals surface area contributed by atoms with E-state index in [1.807, 2.05) is 24.3 Å². The second-order valence-electron chi connectivity index (χ2n) is 5.55. The molecule has 1 aliphatic carbocycles. The number of hydrogen-bond acceptors (Lipinski definition) is 5. The van der Waals surface area contributed by atoms with E-state index in [0.29, 0.717) is 12.8 Å². The number of benzene rings is 1. The van der Waals surface area contributed by atoms with Crippen LogP contribution in [-0.4, -0.2) is 26.7 Å². The van der Waals surface area contributed by atoms with Gasteiger partial charge in [-0.2, -0.15) is 0 Å². The molecule has 1 saturated carbocycles. The number of aromatic nitrogens is 2. The van der Waals surface area contributed by atoms with Crippen molar-refractivity contribution >= 4 is 28.6 Å². The number of fused-ring (bicyclic) bond motifs is 1. The van der Waals surface area contributed by atoms with Gasteiger partial charge in [0.2, 0.25) is 5.91 Å². The molecule has 1 heterocycles. The lowest BCUT2D eigenvalue weighted by atomic mass is 9.82. The second-order valence-corrected chi connectivity index (χ2v) is 6.84. The van der Waals surface area contributed by atoms with Gasteiger partial charge in [0.25, 0.3) is 0 Å². The molecule has 0 radical (unpaired) electrons. The summed E-state index contributed by atoms with van der Waals surface area (Å²) in [6.07, 6.45) is 4.79. The van der Waals surface area contributed by atoms with E-state index in [1.54, 1.807) is 18.1 Å². The first kappa shape index (κ1) is 14.3. The van der Waals surface area contributed by atoms with Crippen molar-refractivity contribution in [3.05, 3.63) is 30.6 Å². The summed E-state index contributed by atoms with van der Waals surface area (Å²) in [4.78, 5) is 20.2. The number of thioether (sulfide) groups is 1. The van der Waals surface area contributed by atoms with Crippen molar-refractivity contribution in [3.8, 4) is 0 Å². The van der Waals surface area contributed by atoms with Crippen LogP contribution in [0.2, 0.25) is 0 Å². The highest BCUT2D eigenvalue weighted by Crippen LogP contribution is 2.38. The highest BCUT2D eigenvalue weighted by molar-refractivity contribution is 8.00. The number of rotatable bonds is 3. The molecule has 0 bridgehead atoms. The average molecular weight is 302 g/mol. The van der Waals surface area contributed by atoms with Gasteiger partial charge in [-0.05, 0) is 31.7 Å². The highest BCUT2D eigenvalue weighted by Gasteiger charge is 2.38. The molecule has 5 nitrogen and oxygen atoms in total. The molecule has 1 amide bonds. The monoisotopic (exact) mass is 302 g/mol. The van der Waals surface area contributed by atoms with Gasteiger partial charge in [-0.3, -0.25) is 4.79 Å². The maximum absolute atomic E-state index is 11.5. The van der Waals surface area contributed by atoms with E-state index in [2.05, 4.69) is 9.97 Å². The van der Waals surface area contributed by atoms with E-state index in [1.165, 1.54) is 0 Å². The molecule has 2 aromatic rings. The predicted molar refractivity (Wildman–Crippen MR) is 83.8 cm³/mol. The molecule has 0 aliphatic heterocycles. The molecule has 21 heavy (non-hydrogen) atoms. The van der Waals surface area contributed by atoms with Gasteiger partial charge < -0.3 is 11.5 Å². The van der Waals surface area contributed by atoms with Crippen molar-refractivity contribution in [1.29, 1.82) is 0 Å². The molecule has 2 unspecified atom stereocenters. The summed E-state index contributed by atoms with van der Waals surface area (Å²) in [6, 6.07) is 7.93. The molecule has 0 saturated heterocycles. The molecule has 1 fully saturated rings. The predicted octanol–water partition coefficient (Wildman–Crippen LogP) is 1.85. The first-order valence-corrected chi connectivity index (χ1v) is 7.92. The maximum Gasteiger partial charge on any atom is 0.237 e. The topological polar surface area (TPSA) is 94.9 Å². The zero-order valence-corrected chi connectivity index (χ0v) is 12.5. The van der Waals surface area contributed by atoms with Gasteiger partial charge in [0.15, 0.2) is 0 Å².